The lowest BCUT2D eigenvalue weighted by molar-refractivity contribution is 0.264. The molecule has 0 aliphatic heterocycles. The minimum absolute atomic E-state index is 0.581. The molecule has 330 valence electrons. The summed E-state index contributed by atoms with van der Waals surface area (Å²) in [4.78, 5) is 0. The molecule has 0 spiro atoms. The van der Waals surface area contributed by atoms with Crippen LogP contribution >= 0.6 is 0 Å². The van der Waals surface area contributed by atoms with E-state index in [0.717, 1.165) is 150 Å². The van der Waals surface area contributed by atoms with Gasteiger partial charge in [-0.1, -0.05) is 116 Å². The predicted octanol–water partition coefficient (Wildman–Crippen LogP) is 14.1. The summed E-state index contributed by atoms with van der Waals surface area (Å²) in [6, 6.07) is 24.4. The van der Waals surface area contributed by atoms with Crippen molar-refractivity contribution < 1.29 is 28.4 Å². The smallest absolute Gasteiger partial charge is 0.161 e. The summed E-state index contributed by atoms with van der Waals surface area (Å²) in [5, 5.41) is 0. The molecule has 0 aromatic heterocycles. The van der Waals surface area contributed by atoms with Crippen molar-refractivity contribution in [2.24, 2.45) is 0 Å². The van der Waals surface area contributed by atoms with Crippen LogP contribution in [0.5, 0.6) is 34.5 Å². The molecule has 0 aliphatic rings. The molecule has 0 amide bonds. The second kappa shape index (κ2) is 29.0. The van der Waals surface area contributed by atoms with Crippen LogP contribution in [0.2, 0.25) is 0 Å². The zero-order chi connectivity index (χ0) is 42.6. The molecule has 0 saturated heterocycles. The van der Waals surface area contributed by atoms with Crippen molar-refractivity contribution in [3.63, 3.8) is 0 Å². The zero-order valence-electron chi connectivity index (χ0n) is 38.3. The van der Waals surface area contributed by atoms with Gasteiger partial charge in [-0.25, -0.2) is 0 Å². The van der Waals surface area contributed by atoms with Gasteiger partial charge in [0.1, 0.15) is 0 Å². The normalized spacial score (nSPS) is 11.1. The lowest BCUT2D eigenvalue weighted by atomic mass is 9.78. The zero-order valence-corrected chi connectivity index (χ0v) is 38.3. The largest absolute Gasteiger partial charge is 0.490 e. The first-order valence-corrected chi connectivity index (χ1v) is 23.8. The van der Waals surface area contributed by atoms with Crippen LogP contribution in [0.4, 0.5) is 0 Å². The maximum absolute atomic E-state index is 6.65. The molecule has 0 heterocycles. The van der Waals surface area contributed by atoms with E-state index in [9.17, 15) is 0 Å². The van der Waals surface area contributed by atoms with Gasteiger partial charge in [-0.15, -0.1) is 0 Å². The van der Waals surface area contributed by atoms with Gasteiger partial charge < -0.3 is 28.4 Å². The second-order valence-corrected chi connectivity index (χ2v) is 15.9. The SMILES string of the molecule is CCCCOc1ccccc1OCCc1c(CCCC)c(CCOc2ccccc2OCCCC)c(CCCC)c(CCOc2ccccc2OCCCC)c1CCCC. The van der Waals surface area contributed by atoms with Gasteiger partial charge in [0.15, 0.2) is 34.5 Å². The van der Waals surface area contributed by atoms with Crippen molar-refractivity contribution in [1.82, 2.24) is 0 Å². The minimum Gasteiger partial charge on any atom is -0.490 e. The van der Waals surface area contributed by atoms with Crippen LogP contribution in [0.1, 0.15) is 152 Å². The molecule has 0 unspecified atom stereocenters. The maximum Gasteiger partial charge on any atom is 0.161 e. The number of hydrogen-bond acceptors (Lipinski definition) is 6. The Bertz CT molecular complexity index is 1540. The molecule has 0 radical (unpaired) electrons. The maximum atomic E-state index is 6.65. The lowest BCUT2D eigenvalue weighted by Gasteiger charge is -2.28. The van der Waals surface area contributed by atoms with Gasteiger partial charge in [-0.2, -0.15) is 0 Å². The van der Waals surface area contributed by atoms with Crippen LogP contribution in [0, 0.1) is 0 Å². The first kappa shape index (κ1) is 48.3. The first-order chi connectivity index (χ1) is 29.6. The summed E-state index contributed by atoms with van der Waals surface area (Å²) in [5.41, 5.74) is 8.95. The van der Waals surface area contributed by atoms with Crippen LogP contribution in [0.25, 0.3) is 0 Å². The first-order valence-electron chi connectivity index (χ1n) is 23.8. The fourth-order valence-electron chi connectivity index (χ4n) is 7.80. The monoisotopic (exact) mass is 823 g/mol. The summed E-state index contributed by atoms with van der Waals surface area (Å²) in [7, 11) is 0. The Morgan fingerprint density at radius 2 is 0.450 bits per heavy atom. The Morgan fingerprint density at radius 3 is 0.667 bits per heavy atom. The minimum atomic E-state index is 0.581. The van der Waals surface area contributed by atoms with Gasteiger partial charge in [0.2, 0.25) is 0 Å². The van der Waals surface area contributed by atoms with E-state index in [0.29, 0.717) is 39.6 Å². The van der Waals surface area contributed by atoms with Gasteiger partial charge in [0.25, 0.3) is 0 Å². The van der Waals surface area contributed by atoms with Crippen LogP contribution in [0.3, 0.4) is 0 Å². The fourth-order valence-corrected chi connectivity index (χ4v) is 7.80. The summed E-state index contributed by atoms with van der Waals surface area (Å²) in [5.74, 6) is 4.94. The highest BCUT2D eigenvalue weighted by atomic mass is 16.5. The number of ether oxygens (including phenoxy) is 6. The van der Waals surface area contributed by atoms with Gasteiger partial charge >= 0.3 is 0 Å². The molecule has 6 nitrogen and oxygen atoms in total. The van der Waals surface area contributed by atoms with Crippen molar-refractivity contribution in [2.45, 2.75) is 157 Å². The van der Waals surface area contributed by atoms with Crippen LogP contribution < -0.4 is 28.4 Å². The third-order valence-electron chi connectivity index (χ3n) is 11.2. The van der Waals surface area contributed by atoms with Gasteiger partial charge in [0.05, 0.1) is 39.6 Å². The van der Waals surface area contributed by atoms with Gasteiger partial charge in [-0.05, 0) is 128 Å². The molecule has 6 heteroatoms. The van der Waals surface area contributed by atoms with Crippen LogP contribution in [0.15, 0.2) is 72.8 Å². The van der Waals surface area contributed by atoms with Crippen molar-refractivity contribution in [1.29, 1.82) is 0 Å². The molecule has 4 aromatic rings. The topological polar surface area (TPSA) is 55.4 Å². The molecular formula is C54H78O6. The Hall–Kier alpha value is -4.32. The van der Waals surface area contributed by atoms with E-state index in [1.807, 2.05) is 72.8 Å². The van der Waals surface area contributed by atoms with E-state index >= 15 is 0 Å². The fraction of sp³-hybridized carbons (Fsp3) is 0.556. The average molecular weight is 823 g/mol. The van der Waals surface area contributed by atoms with E-state index in [4.69, 9.17) is 28.4 Å². The molecule has 0 aliphatic carbocycles. The molecular weight excluding hydrogens is 745 g/mol. The van der Waals surface area contributed by atoms with Crippen LogP contribution in [-0.2, 0) is 38.5 Å². The third kappa shape index (κ3) is 15.6. The quantitative estimate of drug-likeness (QED) is 0.0446. The molecule has 60 heavy (non-hydrogen) atoms. The van der Waals surface area contributed by atoms with Gasteiger partial charge in [0, 0.05) is 19.3 Å². The Morgan fingerprint density at radius 1 is 0.250 bits per heavy atom. The number of rotatable bonds is 33. The van der Waals surface area contributed by atoms with Crippen molar-refractivity contribution in [3.8, 4) is 34.5 Å². The van der Waals surface area contributed by atoms with E-state index < -0.39 is 0 Å². The highest BCUT2D eigenvalue weighted by Crippen LogP contribution is 2.36. The average Bonchev–Trinajstić information content (AvgIpc) is 3.27. The Kier molecular flexibility index (Phi) is 23.4. The highest BCUT2D eigenvalue weighted by molar-refractivity contribution is 5.54. The van der Waals surface area contributed by atoms with E-state index in [1.165, 1.54) is 33.4 Å². The summed E-state index contributed by atoms with van der Waals surface area (Å²) in [6.45, 7) is 17.3. The molecule has 4 aromatic carbocycles. The Labute approximate surface area is 364 Å². The van der Waals surface area contributed by atoms with Crippen LogP contribution in [-0.4, -0.2) is 39.6 Å². The molecule has 4 rings (SSSR count). The third-order valence-corrected chi connectivity index (χ3v) is 11.2. The highest BCUT2D eigenvalue weighted by Gasteiger charge is 2.24. The number of benzene rings is 4. The molecule has 0 bridgehead atoms. The Balaban J connectivity index is 1.78. The van der Waals surface area contributed by atoms with Crippen molar-refractivity contribution in [2.75, 3.05) is 39.6 Å². The number of hydrogen-bond donors (Lipinski definition) is 0. The predicted molar refractivity (Wildman–Crippen MR) is 250 cm³/mol. The van der Waals surface area contributed by atoms with Crippen molar-refractivity contribution in [3.05, 3.63) is 106 Å². The molecule has 0 N–H and O–H groups in total. The molecule has 0 fully saturated rings. The van der Waals surface area contributed by atoms with E-state index in [-0.39, 0.29) is 0 Å². The van der Waals surface area contributed by atoms with E-state index in [2.05, 4.69) is 41.5 Å². The lowest BCUT2D eigenvalue weighted by Crippen LogP contribution is -2.19. The standard InChI is InChI=1S/C54H78O6/c1-7-13-25-43-46(34-40-58-52-31-22-19-28-49(52)55-37-16-10-4)44(26-14-8-2)48(36-42-60-54-33-24-21-30-51(54)57-39-18-12-6)45(27-15-9-3)47(43)35-41-59-53-32-23-20-29-50(53)56-38-17-11-5/h19-24,28-33H,7-18,25-27,34-42H2,1-6H3. The second-order valence-electron chi connectivity index (χ2n) is 15.9. The van der Waals surface area contributed by atoms with Crippen molar-refractivity contribution >= 4 is 0 Å². The number of para-hydroxylation sites is 6. The van der Waals surface area contributed by atoms with E-state index in [1.54, 1.807) is 0 Å². The summed E-state index contributed by atoms with van der Waals surface area (Å²) < 4.78 is 38.5. The summed E-state index contributed by atoms with van der Waals surface area (Å²) >= 11 is 0. The molecule has 0 saturated carbocycles. The van der Waals surface area contributed by atoms with Gasteiger partial charge in [-0.3, -0.25) is 0 Å². The summed E-state index contributed by atoms with van der Waals surface area (Å²) in [6.07, 6.45) is 18.8. The number of unbranched alkanes of at least 4 members (excludes halogenated alkanes) is 6. The molecule has 0 atom stereocenters.